The fraction of sp³-hybridized carbons (Fsp3) is 0.250. The number of ether oxygens (including phenoxy) is 2. The second kappa shape index (κ2) is 6.29. The monoisotopic (exact) mass is 350 g/mol. The quantitative estimate of drug-likeness (QED) is 0.843. The zero-order valence-electron chi connectivity index (χ0n) is 14.4. The topological polar surface area (TPSA) is 77.0 Å². The Kier molecular flexibility index (Phi) is 3.95. The van der Waals surface area contributed by atoms with E-state index in [9.17, 15) is 9.59 Å². The Balaban J connectivity index is 1.56. The predicted molar refractivity (Wildman–Crippen MR) is 96.0 cm³/mol. The van der Waals surface area contributed by atoms with E-state index in [2.05, 4.69) is 10.3 Å². The highest BCUT2D eigenvalue weighted by molar-refractivity contribution is 6.12. The van der Waals surface area contributed by atoms with Crippen LogP contribution in [0.3, 0.4) is 0 Å². The minimum atomic E-state index is -0.815. The normalized spacial score (nSPS) is 28.0. The van der Waals surface area contributed by atoms with Gasteiger partial charge in [0.1, 0.15) is 6.10 Å². The van der Waals surface area contributed by atoms with Gasteiger partial charge in [-0.3, -0.25) is 9.59 Å². The third kappa shape index (κ3) is 2.94. The molecule has 0 fully saturated rings. The summed E-state index contributed by atoms with van der Waals surface area (Å²) in [6.07, 6.45) is 5.73. The van der Waals surface area contributed by atoms with E-state index in [4.69, 9.17) is 9.47 Å². The number of aliphatic imine (C=N–C) groups is 1. The van der Waals surface area contributed by atoms with Crippen molar-refractivity contribution in [3.63, 3.8) is 0 Å². The molecule has 2 heterocycles. The first-order valence-corrected chi connectivity index (χ1v) is 8.45. The molecule has 2 aliphatic heterocycles. The van der Waals surface area contributed by atoms with Gasteiger partial charge in [-0.15, -0.1) is 0 Å². The zero-order valence-corrected chi connectivity index (χ0v) is 14.4. The molecule has 1 aromatic carbocycles. The first-order chi connectivity index (χ1) is 12.5. The van der Waals surface area contributed by atoms with E-state index in [1.54, 1.807) is 37.3 Å². The van der Waals surface area contributed by atoms with Crippen LogP contribution in [0.5, 0.6) is 11.5 Å². The number of benzene rings is 1. The Morgan fingerprint density at radius 1 is 1.15 bits per heavy atom. The molecule has 1 aliphatic carbocycles. The minimum absolute atomic E-state index is 0.0156. The summed E-state index contributed by atoms with van der Waals surface area (Å²) in [6.45, 7) is 3.68. The van der Waals surface area contributed by atoms with Crippen LogP contribution in [0.4, 0.5) is 0 Å². The predicted octanol–water partition coefficient (Wildman–Crippen LogP) is 2.33. The van der Waals surface area contributed by atoms with Crippen molar-refractivity contribution in [2.24, 2.45) is 10.9 Å². The van der Waals surface area contributed by atoms with E-state index >= 15 is 0 Å². The van der Waals surface area contributed by atoms with Gasteiger partial charge in [-0.2, -0.15) is 0 Å². The number of amides is 2. The van der Waals surface area contributed by atoms with Gasteiger partial charge >= 0.3 is 0 Å². The van der Waals surface area contributed by atoms with Crippen LogP contribution in [-0.2, 0) is 9.59 Å². The second-order valence-corrected chi connectivity index (χ2v) is 6.50. The van der Waals surface area contributed by atoms with Gasteiger partial charge in [0, 0.05) is 17.7 Å². The van der Waals surface area contributed by atoms with E-state index in [0.29, 0.717) is 17.2 Å². The van der Waals surface area contributed by atoms with Gasteiger partial charge in [0.15, 0.2) is 11.5 Å². The lowest BCUT2D eigenvalue weighted by atomic mass is 9.89. The van der Waals surface area contributed by atoms with Gasteiger partial charge in [-0.25, -0.2) is 4.99 Å². The summed E-state index contributed by atoms with van der Waals surface area (Å²) in [5, 5.41) is 2.80. The highest BCUT2D eigenvalue weighted by Crippen LogP contribution is 2.34. The van der Waals surface area contributed by atoms with Gasteiger partial charge in [-0.1, -0.05) is 23.8 Å². The van der Waals surface area contributed by atoms with E-state index in [1.165, 1.54) is 0 Å². The van der Waals surface area contributed by atoms with Gasteiger partial charge in [0.05, 0.1) is 5.71 Å². The van der Waals surface area contributed by atoms with Crippen LogP contribution in [0.1, 0.15) is 13.8 Å². The number of hydrogen-bond donors (Lipinski definition) is 1. The van der Waals surface area contributed by atoms with Crippen LogP contribution in [0.2, 0.25) is 0 Å². The lowest BCUT2D eigenvalue weighted by Gasteiger charge is -2.30. The summed E-state index contributed by atoms with van der Waals surface area (Å²) in [7, 11) is 0. The summed E-state index contributed by atoms with van der Waals surface area (Å²) in [4.78, 5) is 28.5. The molecule has 2 amide bonds. The van der Waals surface area contributed by atoms with Crippen molar-refractivity contribution < 1.29 is 19.1 Å². The molecular weight excluding hydrogens is 332 g/mol. The van der Waals surface area contributed by atoms with Gasteiger partial charge in [-0.05, 0) is 38.1 Å². The summed E-state index contributed by atoms with van der Waals surface area (Å²) >= 11 is 0. The van der Waals surface area contributed by atoms with E-state index in [0.717, 1.165) is 11.3 Å². The largest absolute Gasteiger partial charge is 0.482 e. The van der Waals surface area contributed by atoms with E-state index in [-0.39, 0.29) is 11.8 Å². The highest BCUT2D eigenvalue weighted by Gasteiger charge is 2.34. The average molecular weight is 350 g/mol. The molecule has 132 valence electrons. The Labute approximate surface area is 150 Å². The minimum Gasteiger partial charge on any atom is -0.482 e. The molecule has 3 unspecified atom stereocenters. The Morgan fingerprint density at radius 2 is 1.88 bits per heavy atom. The number of fused-ring (bicyclic) bond motifs is 2. The van der Waals surface area contributed by atoms with Crippen LogP contribution in [0.15, 0.2) is 64.8 Å². The molecule has 26 heavy (non-hydrogen) atoms. The standard InChI is InChI=1S/C20H18N2O4/c1-11-9-18(23)22-15-10-13(7-8-14(11)15)21-20(24)19-12(2)25-16-5-3-4-6-17(16)26-19/h3-10,12,14,19H,1-2H3,(H,22,23). The Bertz CT molecular complexity index is 910. The maximum Gasteiger partial charge on any atom is 0.291 e. The number of allylic oxidation sites excluding steroid dienone is 3. The number of rotatable bonds is 1. The average Bonchev–Trinajstić information content (AvgIpc) is 2.60. The molecule has 6 nitrogen and oxygen atoms in total. The molecule has 0 saturated heterocycles. The van der Waals surface area contributed by atoms with Crippen molar-refractivity contribution in [2.45, 2.75) is 26.1 Å². The number of carbonyl (C=O) groups is 2. The SMILES string of the molecule is CC1=CC(=O)NC2=CC(=NC(=O)C3Oc4ccccc4OC3C)C=CC12. The molecule has 0 aromatic heterocycles. The second-order valence-electron chi connectivity index (χ2n) is 6.50. The molecule has 3 atom stereocenters. The van der Waals surface area contributed by atoms with Crippen molar-refractivity contribution >= 4 is 17.5 Å². The highest BCUT2D eigenvalue weighted by atomic mass is 16.6. The van der Waals surface area contributed by atoms with Crippen molar-refractivity contribution in [1.29, 1.82) is 0 Å². The van der Waals surface area contributed by atoms with Crippen LogP contribution < -0.4 is 14.8 Å². The van der Waals surface area contributed by atoms with Crippen molar-refractivity contribution in [3.8, 4) is 11.5 Å². The maximum atomic E-state index is 12.6. The molecule has 0 saturated carbocycles. The van der Waals surface area contributed by atoms with Crippen molar-refractivity contribution in [1.82, 2.24) is 5.32 Å². The van der Waals surface area contributed by atoms with Crippen molar-refractivity contribution in [3.05, 3.63) is 59.8 Å². The van der Waals surface area contributed by atoms with Crippen LogP contribution >= 0.6 is 0 Å². The zero-order chi connectivity index (χ0) is 18.3. The number of para-hydroxylation sites is 2. The van der Waals surface area contributed by atoms with E-state index in [1.807, 2.05) is 25.1 Å². The number of carbonyl (C=O) groups excluding carboxylic acids is 2. The molecule has 0 bridgehead atoms. The Hall–Kier alpha value is -3.15. The fourth-order valence-electron chi connectivity index (χ4n) is 3.23. The smallest absolute Gasteiger partial charge is 0.291 e. The Morgan fingerprint density at radius 3 is 2.65 bits per heavy atom. The third-order valence-electron chi connectivity index (χ3n) is 4.54. The molecule has 1 aromatic rings. The number of nitrogens with one attached hydrogen (secondary N) is 1. The molecule has 3 aliphatic rings. The summed E-state index contributed by atoms with van der Waals surface area (Å²) in [5.74, 6) is 0.576. The van der Waals surface area contributed by atoms with Gasteiger partial charge < -0.3 is 14.8 Å². The first-order valence-electron chi connectivity index (χ1n) is 8.45. The van der Waals surface area contributed by atoms with E-state index < -0.39 is 18.1 Å². The summed E-state index contributed by atoms with van der Waals surface area (Å²) in [5.41, 5.74) is 2.16. The van der Waals surface area contributed by atoms with Gasteiger partial charge in [0.25, 0.3) is 5.91 Å². The maximum absolute atomic E-state index is 12.6. The van der Waals surface area contributed by atoms with Crippen molar-refractivity contribution in [2.75, 3.05) is 0 Å². The van der Waals surface area contributed by atoms with Crippen LogP contribution in [-0.4, -0.2) is 29.7 Å². The first kappa shape index (κ1) is 16.3. The van der Waals surface area contributed by atoms with Crippen LogP contribution in [0, 0.1) is 5.92 Å². The molecule has 1 N–H and O–H groups in total. The fourth-order valence-corrected chi connectivity index (χ4v) is 3.23. The molecular formula is C20H18N2O4. The molecule has 0 spiro atoms. The third-order valence-corrected chi connectivity index (χ3v) is 4.54. The lowest BCUT2D eigenvalue weighted by molar-refractivity contribution is -0.129. The van der Waals surface area contributed by atoms with Gasteiger partial charge in [0.2, 0.25) is 12.0 Å². The molecule has 0 radical (unpaired) electrons. The summed E-state index contributed by atoms with van der Waals surface area (Å²) in [6, 6.07) is 7.23. The summed E-state index contributed by atoms with van der Waals surface area (Å²) < 4.78 is 11.5. The van der Waals surface area contributed by atoms with Crippen LogP contribution in [0.25, 0.3) is 0 Å². The number of nitrogens with zero attached hydrogens (tertiary/aromatic N) is 1. The molecule has 4 rings (SSSR count). The molecule has 6 heteroatoms. The number of hydrogen-bond acceptors (Lipinski definition) is 4. The lowest BCUT2D eigenvalue weighted by Crippen LogP contribution is -2.43.